The summed E-state index contributed by atoms with van der Waals surface area (Å²) in [6, 6.07) is 18.2. The molecule has 30 heavy (non-hydrogen) atoms. The lowest BCUT2D eigenvalue weighted by atomic mass is 9.98. The molecule has 0 radical (unpaired) electrons. The number of amides is 1. The van der Waals surface area contributed by atoms with E-state index in [0.717, 1.165) is 28.6 Å². The standard InChI is InChI=1S/C23H21N3O3S/c1-3-29-21(27)14-20-22(28)24-23(30-20)26-19(17-11-9-15(2)10-12-17)13-18(25-26)16-7-5-4-6-8-16/h4-12,14,19H,3,13H2,1-2H3. The van der Waals surface area contributed by atoms with Gasteiger partial charge in [0.1, 0.15) is 0 Å². The Bertz CT molecular complexity index is 1060. The highest BCUT2D eigenvalue weighted by Gasteiger charge is 2.36. The maximum atomic E-state index is 12.4. The van der Waals surface area contributed by atoms with Crippen molar-refractivity contribution < 1.29 is 14.3 Å². The van der Waals surface area contributed by atoms with Gasteiger partial charge in [-0.3, -0.25) is 4.79 Å². The number of hydrogen-bond acceptors (Lipinski definition) is 6. The van der Waals surface area contributed by atoms with Crippen molar-refractivity contribution >= 4 is 34.5 Å². The molecule has 0 N–H and O–H groups in total. The normalized spacial score (nSPS) is 19.8. The number of amidine groups is 1. The van der Waals surface area contributed by atoms with Crippen molar-refractivity contribution in [1.82, 2.24) is 5.01 Å². The zero-order chi connectivity index (χ0) is 21.1. The number of thioether (sulfide) groups is 1. The highest BCUT2D eigenvalue weighted by molar-refractivity contribution is 8.18. The van der Waals surface area contributed by atoms with E-state index in [1.807, 2.05) is 37.3 Å². The molecule has 1 amide bonds. The van der Waals surface area contributed by atoms with E-state index < -0.39 is 11.9 Å². The van der Waals surface area contributed by atoms with E-state index in [2.05, 4.69) is 29.3 Å². The van der Waals surface area contributed by atoms with Crippen LogP contribution in [0, 0.1) is 6.92 Å². The Balaban J connectivity index is 1.66. The second-order valence-electron chi connectivity index (χ2n) is 6.95. The Labute approximate surface area is 179 Å². The summed E-state index contributed by atoms with van der Waals surface area (Å²) in [5.41, 5.74) is 4.23. The molecule has 2 aliphatic heterocycles. The van der Waals surface area contributed by atoms with E-state index in [-0.39, 0.29) is 17.6 Å². The summed E-state index contributed by atoms with van der Waals surface area (Å²) in [6.07, 6.45) is 1.89. The van der Waals surface area contributed by atoms with Crippen LogP contribution in [0.3, 0.4) is 0 Å². The summed E-state index contributed by atoms with van der Waals surface area (Å²) < 4.78 is 4.92. The van der Waals surface area contributed by atoms with E-state index in [4.69, 9.17) is 9.84 Å². The van der Waals surface area contributed by atoms with Gasteiger partial charge in [-0.1, -0.05) is 60.2 Å². The van der Waals surface area contributed by atoms with Gasteiger partial charge in [-0.25, -0.2) is 9.80 Å². The molecule has 1 atom stereocenters. The molecule has 0 aliphatic carbocycles. The third-order valence-corrected chi connectivity index (χ3v) is 5.79. The van der Waals surface area contributed by atoms with Crippen molar-refractivity contribution in [2.45, 2.75) is 26.3 Å². The summed E-state index contributed by atoms with van der Waals surface area (Å²) in [6.45, 7) is 4.02. The van der Waals surface area contributed by atoms with E-state index in [0.29, 0.717) is 11.6 Å². The smallest absolute Gasteiger partial charge is 0.332 e. The van der Waals surface area contributed by atoms with Gasteiger partial charge in [0.05, 0.1) is 23.3 Å². The van der Waals surface area contributed by atoms with Crippen molar-refractivity contribution in [3.05, 3.63) is 82.3 Å². The minimum absolute atomic E-state index is 0.0817. The molecule has 0 bridgehead atoms. The minimum atomic E-state index is -0.546. The second-order valence-corrected chi connectivity index (χ2v) is 7.96. The number of esters is 1. The molecule has 0 saturated carbocycles. The van der Waals surface area contributed by atoms with Crippen molar-refractivity contribution in [2.24, 2.45) is 10.1 Å². The first-order valence-electron chi connectivity index (χ1n) is 9.73. The van der Waals surface area contributed by atoms with Crippen LogP contribution in [0.25, 0.3) is 0 Å². The SMILES string of the molecule is CCOC(=O)C=C1SC(N2N=C(c3ccccc3)CC2c2ccc(C)cc2)=NC1=O. The lowest BCUT2D eigenvalue weighted by molar-refractivity contribution is -0.137. The summed E-state index contributed by atoms with van der Waals surface area (Å²) >= 11 is 1.15. The molecule has 1 unspecified atom stereocenters. The van der Waals surface area contributed by atoms with Gasteiger partial charge >= 0.3 is 5.97 Å². The van der Waals surface area contributed by atoms with Gasteiger partial charge in [-0.05, 0) is 36.7 Å². The van der Waals surface area contributed by atoms with Crippen LogP contribution in [-0.2, 0) is 14.3 Å². The van der Waals surface area contributed by atoms with Crippen LogP contribution >= 0.6 is 11.8 Å². The molecule has 0 saturated heterocycles. The van der Waals surface area contributed by atoms with Gasteiger partial charge in [-0.2, -0.15) is 10.1 Å². The topological polar surface area (TPSA) is 71.3 Å². The number of carbonyl (C=O) groups is 2. The molecule has 4 rings (SSSR count). The molecular weight excluding hydrogens is 398 g/mol. The van der Waals surface area contributed by atoms with Crippen LogP contribution < -0.4 is 0 Å². The molecule has 152 valence electrons. The second kappa shape index (κ2) is 8.67. The number of benzene rings is 2. The van der Waals surface area contributed by atoms with Gasteiger partial charge in [0.2, 0.25) is 0 Å². The highest BCUT2D eigenvalue weighted by atomic mass is 32.2. The fraction of sp³-hybridized carbons (Fsp3) is 0.217. The number of ether oxygens (including phenoxy) is 1. The number of carbonyl (C=O) groups excluding carboxylic acids is 2. The Morgan fingerprint density at radius 1 is 1.20 bits per heavy atom. The van der Waals surface area contributed by atoms with Crippen LogP contribution in [0.4, 0.5) is 0 Å². The molecule has 0 aromatic heterocycles. The predicted molar refractivity (Wildman–Crippen MR) is 118 cm³/mol. The number of aliphatic imine (C=N–C) groups is 1. The summed E-state index contributed by atoms with van der Waals surface area (Å²) in [5.74, 6) is -0.996. The summed E-state index contributed by atoms with van der Waals surface area (Å²) in [7, 11) is 0. The van der Waals surface area contributed by atoms with Crippen molar-refractivity contribution in [3.8, 4) is 0 Å². The van der Waals surface area contributed by atoms with Crippen LogP contribution in [0.5, 0.6) is 0 Å². The molecule has 7 heteroatoms. The van der Waals surface area contributed by atoms with E-state index in [9.17, 15) is 9.59 Å². The molecule has 0 spiro atoms. The van der Waals surface area contributed by atoms with Crippen molar-refractivity contribution in [2.75, 3.05) is 6.61 Å². The fourth-order valence-corrected chi connectivity index (χ4v) is 4.20. The maximum absolute atomic E-state index is 12.4. The molecule has 2 aromatic carbocycles. The Kier molecular flexibility index (Phi) is 5.81. The van der Waals surface area contributed by atoms with Crippen LogP contribution in [0.1, 0.15) is 36.1 Å². The van der Waals surface area contributed by atoms with Crippen LogP contribution in [-0.4, -0.2) is 34.4 Å². The number of hydrazone groups is 1. The first-order valence-corrected chi connectivity index (χ1v) is 10.5. The average Bonchev–Trinajstić information content (AvgIpc) is 3.34. The number of aryl methyl sites for hydroxylation is 1. The Morgan fingerprint density at radius 2 is 1.93 bits per heavy atom. The van der Waals surface area contributed by atoms with Gasteiger partial charge in [0.25, 0.3) is 5.91 Å². The third kappa shape index (κ3) is 4.21. The largest absolute Gasteiger partial charge is 0.463 e. The first kappa shape index (κ1) is 20.1. The monoisotopic (exact) mass is 419 g/mol. The zero-order valence-corrected chi connectivity index (χ0v) is 17.6. The molecular formula is C23H21N3O3S. The minimum Gasteiger partial charge on any atom is -0.463 e. The molecule has 0 fully saturated rings. The Morgan fingerprint density at radius 3 is 2.63 bits per heavy atom. The van der Waals surface area contributed by atoms with Crippen LogP contribution in [0.2, 0.25) is 0 Å². The molecule has 6 nitrogen and oxygen atoms in total. The molecule has 2 heterocycles. The fourth-order valence-electron chi connectivity index (χ4n) is 3.33. The van der Waals surface area contributed by atoms with Crippen LogP contribution in [0.15, 0.2) is 75.7 Å². The summed E-state index contributed by atoms with van der Waals surface area (Å²) in [4.78, 5) is 28.5. The Hall–Kier alpha value is -3.19. The van der Waals surface area contributed by atoms with E-state index >= 15 is 0 Å². The average molecular weight is 420 g/mol. The van der Waals surface area contributed by atoms with Gasteiger partial charge in [-0.15, -0.1) is 0 Å². The van der Waals surface area contributed by atoms with Crippen molar-refractivity contribution in [1.29, 1.82) is 0 Å². The third-order valence-electron chi connectivity index (χ3n) is 4.82. The summed E-state index contributed by atoms with van der Waals surface area (Å²) in [5, 5.41) is 7.07. The molecule has 2 aromatic rings. The highest BCUT2D eigenvalue weighted by Crippen LogP contribution is 2.39. The molecule has 2 aliphatic rings. The first-order chi connectivity index (χ1) is 14.5. The van der Waals surface area contributed by atoms with Gasteiger partial charge in [0.15, 0.2) is 5.17 Å². The number of rotatable bonds is 4. The quantitative estimate of drug-likeness (QED) is 0.548. The number of hydrogen-bond donors (Lipinski definition) is 0. The number of nitrogens with zero attached hydrogens (tertiary/aromatic N) is 3. The van der Waals surface area contributed by atoms with E-state index in [1.54, 1.807) is 11.9 Å². The lowest BCUT2D eigenvalue weighted by Crippen LogP contribution is -2.23. The van der Waals surface area contributed by atoms with Gasteiger partial charge < -0.3 is 4.74 Å². The van der Waals surface area contributed by atoms with E-state index in [1.165, 1.54) is 11.6 Å². The maximum Gasteiger partial charge on any atom is 0.332 e. The lowest BCUT2D eigenvalue weighted by Gasteiger charge is -2.22. The van der Waals surface area contributed by atoms with Crippen molar-refractivity contribution in [3.63, 3.8) is 0 Å². The zero-order valence-electron chi connectivity index (χ0n) is 16.7. The predicted octanol–water partition coefficient (Wildman–Crippen LogP) is 4.22. The van der Waals surface area contributed by atoms with Gasteiger partial charge in [0, 0.05) is 12.5 Å².